The molecule has 1 aliphatic heterocycles. The van der Waals surface area contributed by atoms with E-state index in [-0.39, 0.29) is 11.9 Å². The number of hydrogen-bond acceptors (Lipinski definition) is 2. The Bertz CT molecular complexity index is 703. The quantitative estimate of drug-likeness (QED) is 0.686. The van der Waals surface area contributed by atoms with Gasteiger partial charge in [-0.2, -0.15) is 0 Å². The lowest BCUT2D eigenvalue weighted by atomic mass is 10.1. The van der Waals surface area contributed by atoms with Gasteiger partial charge in [0.2, 0.25) is 0 Å². The number of hydrogen-bond donors (Lipinski definition) is 1. The van der Waals surface area contributed by atoms with Gasteiger partial charge in [-0.1, -0.05) is 42.5 Å². The van der Waals surface area contributed by atoms with Gasteiger partial charge in [-0.3, -0.25) is 4.79 Å². The zero-order valence-corrected chi connectivity index (χ0v) is 10.9. The van der Waals surface area contributed by atoms with Crippen molar-refractivity contribution in [3.63, 3.8) is 0 Å². The Morgan fingerprint density at radius 2 is 1.90 bits per heavy atom. The summed E-state index contributed by atoms with van der Waals surface area (Å²) >= 11 is 0. The monoisotopic (exact) mass is 266 g/mol. The standard InChI is InChI=1S/C16H14N2O2/c1-2-6-13-15(19)18(16(20)17-13)14-10-5-8-11-7-3-4-9-12(11)14/h2-5,7-10,13H,1,6H2,(H,17,20). The minimum absolute atomic E-state index is 0.230. The highest BCUT2D eigenvalue weighted by Crippen LogP contribution is 2.29. The van der Waals surface area contributed by atoms with Crippen molar-refractivity contribution in [1.29, 1.82) is 0 Å². The molecule has 0 saturated carbocycles. The third-order valence-corrected chi connectivity index (χ3v) is 3.43. The predicted molar refractivity (Wildman–Crippen MR) is 78.6 cm³/mol. The van der Waals surface area contributed by atoms with Crippen LogP contribution in [0.2, 0.25) is 0 Å². The van der Waals surface area contributed by atoms with Gasteiger partial charge in [0.25, 0.3) is 5.91 Å². The van der Waals surface area contributed by atoms with Gasteiger partial charge in [-0.05, 0) is 17.9 Å². The highest BCUT2D eigenvalue weighted by Gasteiger charge is 2.38. The Balaban J connectivity index is 2.09. The molecule has 1 saturated heterocycles. The fourth-order valence-electron chi connectivity index (χ4n) is 2.49. The third kappa shape index (κ3) is 1.86. The molecule has 2 aromatic carbocycles. The maximum atomic E-state index is 12.3. The Morgan fingerprint density at radius 3 is 2.70 bits per heavy atom. The van der Waals surface area contributed by atoms with Crippen molar-refractivity contribution >= 4 is 28.4 Å². The number of imide groups is 1. The summed E-state index contributed by atoms with van der Waals surface area (Å²) in [5.41, 5.74) is 0.622. The lowest BCUT2D eigenvalue weighted by molar-refractivity contribution is -0.118. The summed E-state index contributed by atoms with van der Waals surface area (Å²) in [6.45, 7) is 3.61. The van der Waals surface area contributed by atoms with E-state index >= 15 is 0 Å². The molecule has 1 aliphatic rings. The number of benzene rings is 2. The van der Waals surface area contributed by atoms with Crippen molar-refractivity contribution < 1.29 is 9.59 Å². The number of fused-ring (bicyclic) bond motifs is 1. The predicted octanol–water partition coefficient (Wildman–Crippen LogP) is 2.84. The molecule has 0 aliphatic carbocycles. The van der Waals surface area contributed by atoms with E-state index in [1.165, 1.54) is 4.90 Å². The first-order chi connectivity index (χ1) is 9.72. The van der Waals surface area contributed by atoms with E-state index in [1.807, 2.05) is 36.4 Å². The molecular weight excluding hydrogens is 252 g/mol. The van der Waals surface area contributed by atoms with Crippen LogP contribution >= 0.6 is 0 Å². The molecule has 3 rings (SSSR count). The average molecular weight is 266 g/mol. The first kappa shape index (κ1) is 12.4. The van der Waals surface area contributed by atoms with E-state index in [9.17, 15) is 9.59 Å². The normalized spacial score (nSPS) is 18.4. The van der Waals surface area contributed by atoms with Crippen LogP contribution in [-0.4, -0.2) is 18.0 Å². The van der Waals surface area contributed by atoms with Crippen molar-refractivity contribution in [3.8, 4) is 0 Å². The summed E-state index contributed by atoms with van der Waals surface area (Å²) in [4.78, 5) is 25.6. The molecule has 3 amide bonds. The second-order valence-corrected chi connectivity index (χ2v) is 4.70. The van der Waals surface area contributed by atoms with Crippen LogP contribution < -0.4 is 10.2 Å². The number of rotatable bonds is 3. The molecule has 0 bridgehead atoms. The first-order valence-corrected chi connectivity index (χ1v) is 6.45. The van der Waals surface area contributed by atoms with Gasteiger partial charge in [0.1, 0.15) is 6.04 Å². The molecule has 0 radical (unpaired) electrons. The average Bonchev–Trinajstić information content (AvgIpc) is 2.74. The molecule has 0 spiro atoms. The van der Waals surface area contributed by atoms with Gasteiger partial charge in [0.15, 0.2) is 0 Å². The third-order valence-electron chi connectivity index (χ3n) is 3.43. The van der Waals surface area contributed by atoms with Gasteiger partial charge < -0.3 is 5.32 Å². The summed E-state index contributed by atoms with van der Waals surface area (Å²) in [5, 5.41) is 4.57. The number of nitrogens with zero attached hydrogens (tertiary/aromatic N) is 1. The molecule has 0 aromatic heterocycles. The topological polar surface area (TPSA) is 49.4 Å². The second kappa shape index (κ2) is 4.81. The van der Waals surface area contributed by atoms with Crippen LogP contribution in [0, 0.1) is 0 Å². The smallest absolute Gasteiger partial charge is 0.325 e. The van der Waals surface area contributed by atoms with E-state index in [0.717, 1.165) is 10.8 Å². The SMILES string of the molecule is C=CCC1NC(=O)N(c2cccc3ccccc23)C1=O. The number of carbonyl (C=O) groups excluding carboxylic acids is 2. The maximum absolute atomic E-state index is 12.3. The van der Waals surface area contributed by atoms with Crippen LogP contribution in [0.3, 0.4) is 0 Å². The zero-order valence-electron chi connectivity index (χ0n) is 10.9. The van der Waals surface area contributed by atoms with E-state index < -0.39 is 6.04 Å². The van der Waals surface area contributed by atoms with E-state index in [2.05, 4.69) is 11.9 Å². The molecule has 1 heterocycles. The largest absolute Gasteiger partial charge is 0.329 e. The number of nitrogens with one attached hydrogen (secondary N) is 1. The van der Waals surface area contributed by atoms with Crippen molar-refractivity contribution in [1.82, 2.24) is 5.32 Å². The van der Waals surface area contributed by atoms with E-state index in [0.29, 0.717) is 12.1 Å². The Kier molecular flexibility index (Phi) is 2.99. The minimum atomic E-state index is -0.515. The number of carbonyl (C=O) groups is 2. The van der Waals surface area contributed by atoms with Gasteiger partial charge in [-0.15, -0.1) is 6.58 Å². The van der Waals surface area contributed by atoms with Crippen LogP contribution in [0.15, 0.2) is 55.1 Å². The van der Waals surface area contributed by atoms with Crippen LogP contribution in [0.4, 0.5) is 10.5 Å². The van der Waals surface area contributed by atoms with E-state index in [1.54, 1.807) is 12.1 Å². The zero-order chi connectivity index (χ0) is 14.1. The van der Waals surface area contributed by atoms with Crippen LogP contribution in [0.5, 0.6) is 0 Å². The molecule has 4 nitrogen and oxygen atoms in total. The van der Waals surface area contributed by atoms with Crippen molar-refractivity contribution in [2.45, 2.75) is 12.5 Å². The summed E-state index contributed by atoms with van der Waals surface area (Å²) in [5.74, 6) is -0.230. The Labute approximate surface area is 116 Å². The lowest BCUT2D eigenvalue weighted by Gasteiger charge is -2.15. The summed E-state index contributed by atoms with van der Waals surface area (Å²) in [6.07, 6.45) is 2.07. The molecule has 1 N–H and O–H groups in total. The van der Waals surface area contributed by atoms with Gasteiger partial charge >= 0.3 is 6.03 Å². The van der Waals surface area contributed by atoms with Crippen molar-refractivity contribution in [2.75, 3.05) is 4.90 Å². The highest BCUT2D eigenvalue weighted by molar-refractivity contribution is 6.24. The maximum Gasteiger partial charge on any atom is 0.329 e. The van der Waals surface area contributed by atoms with Gasteiger partial charge in [0.05, 0.1) is 5.69 Å². The molecule has 20 heavy (non-hydrogen) atoms. The lowest BCUT2D eigenvalue weighted by Crippen LogP contribution is -2.31. The number of amides is 3. The number of anilines is 1. The fourth-order valence-corrected chi connectivity index (χ4v) is 2.49. The van der Waals surface area contributed by atoms with Crippen LogP contribution in [0.1, 0.15) is 6.42 Å². The van der Waals surface area contributed by atoms with Crippen molar-refractivity contribution in [3.05, 3.63) is 55.1 Å². The molecule has 1 fully saturated rings. The van der Waals surface area contributed by atoms with E-state index in [4.69, 9.17) is 0 Å². The molecule has 1 atom stereocenters. The first-order valence-electron chi connectivity index (χ1n) is 6.45. The van der Waals surface area contributed by atoms with Gasteiger partial charge in [0, 0.05) is 5.39 Å². The summed E-state index contributed by atoms with van der Waals surface area (Å²) in [7, 11) is 0. The molecular formula is C16H14N2O2. The highest BCUT2D eigenvalue weighted by atomic mass is 16.2. The Morgan fingerprint density at radius 1 is 1.15 bits per heavy atom. The Hall–Kier alpha value is -2.62. The van der Waals surface area contributed by atoms with Crippen molar-refractivity contribution in [2.24, 2.45) is 0 Å². The fraction of sp³-hybridized carbons (Fsp3) is 0.125. The van der Waals surface area contributed by atoms with Crippen LogP contribution in [0.25, 0.3) is 10.8 Å². The van der Waals surface area contributed by atoms with Crippen LogP contribution in [-0.2, 0) is 4.79 Å². The second-order valence-electron chi connectivity index (χ2n) is 4.70. The summed E-state index contributed by atoms with van der Waals surface area (Å²) in [6, 6.07) is 12.4. The minimum Gasteiger partial charge on any atom is -0.325 e. The molecule has 1 unspecified atom stereocenters. The van der Waals surface area contributed by atoms with Gasteiger partial charge in [-0.25, -0.2) is 9.69 Å². The number of urea groups is 1. The molecule has 100 valence electrons. The molecule has 4 heteroatoms. The molecule has 2 aromatic rings. The summed E-state index contributed by atoms with van der Waals surface area (Å²) < 4.78 is 0.